The highest BCUT2D eigenvalue weighted by Gasteiger charge is 2.41. The number of hydrogen-bond acceptors (Lipinski definition) is 3. The first-order valence-electron chi connectivity index (χ1n) is 6.91. The van der Waals surface area contributed by atoms with Gasteiger partial charge in [-0.1, -0.05) is 18.2 Å². The van der Waals surface area contributed by atoms with Crippen LogP contribution < -0.4 is 10.2 Å². The van der Waals surface area contributed by atoms with Crippen LogP contribution >= 0.6 is 0 Å². The number of pyridine rings is 1. The average Bonchev–Trinajstić information content (AvgIpc) is 2.72. The second kappa shape index (κ2) is 5.52. The zero-order valence-corrected chi connectivity index (χ0v) is 11.4. The number of fused-ring (bicyclic) bond motifs is 1. The van der Waals surface area contributed by atoms with Gasteiger partial charge < -0.3 is 10.2 Å². The Morgan fingerprint density at radius 3 is 2.86 bits per heavy atom. The van der Waals surface area contributed by atoms with E-state index in [0.29, 0.717) is 13.1 Å². The molecule has 1 N–H and O–H groups in total. The first-order chi connectivity index (χ1) is 10.0. The van der Waals surface area contributed by atoms with Crippen LogP contribution in [0.4, 0.5) is 18.9 Å². The van der Waals surface area contributed by atoms with Gasteiger partial charge in [-0.3, -0.25) is 4.98 Å². The number of aromatic nitrogens is 1. The van der Waals surface area contributed by atoms with Crippen LogP contribution in [0.5, 0.6) is 0 Å². The summed E-state index contributed by atoms with van der Waals surface area (Å²) in [7, 11) is 0. The minimum absolute atomic E-state index is 0.0268. The smallest absolute Gasteiger partial charge is 0.368 e. The van der Waals surface area contributed by atoms with E-state index in [9.17, 15) is 13.2 Å². The van der Waals surface area contributed by atoms with Crippen molar-refractivity contribution < 1.29 is 13.2 Å². The Kier molecular flexibility index (Phi) is 3.71. The van der Waals surface area contributed by atoms with E-state index < -0.39 is 12.1 Å². The number of anilines is 1. The summed E-state index contributed by atoms with van der Waals surface area (Å²) in [6, 6.07) is 9.51. The monoisotopic (exact) mass is 295 g/mol. The van der Waals surface area contributed by atoms with Gasteiger partial charge in [0.15, 0.2) is 0 Å². The van der Waals surface area contributed by atoms with E-state index in [-0.39, 0.29) is 13.1 Å². The molecule has 1 fully saturated rings. The summed E-state index contributed by atoms with van der Waals surface area (Å²) in [6.07, 6.45) is -2.53. The number of para-hydroxylation sites is 1. The zero-order valence-electron chi connectivity index (χ0n) is 11.4. The molecule has 1 aliphatic rings. The van der Waals surface area contributed by atoms with Gasteiger partial charge in [-0.25, -0.2) is 0 Å². The lowest BCUT2D eigenvalue weighted by Crippen LogP contribution is -2.38. The largest absolute Gasteiger partial charge is 0.394 e. The summed E-state index contributed by atoms with van der Waals surface area (Å²) in [6.45, 7) is 1.03. The van der Waals surface area contributed by atoms with Crippen LogP contribution in [-0.4, -0.2) is 37.3 Å². The fourth-order valence-electron chi connectivity index (χ4n) is 2.60. The van der Waals surface area contributed by atoms with Gasteiger partial charge in [-0.05, 0) is 12.1 Å². The average molecular weight is 295 g/mol. The van der Waals surface area contributed by atoms with Crippen molar-refractivity contribution in [2.75, 3.05) is 31.1 Å². The number of benzene rings is 1. The number of hydrogen-bond donors (Lipinski definition) is 1. The third kappa shape index (κ3) is 3.10. The summed E-state index contributed by atoms with van der Waals surface area (Å²) >= 11 is 0. The molecule has 0 radical (unpaired) electrons. The lowest BCUT2D eigenvalue weighted by atomic mass is 10.1. The van der Waals surface area contributed by atoms with Crippen LogP contribution in [0.1, 0.15) is 0 Å². The SMILES string of the molecule is FC(F)(F)C1CNCCN(c2cnc3ccccc3c2)C1. The molecule has 1 aromatic heterocycles. The molecular formula is C15H16F3N3. The third-order valence-electron chi connectivity index (χ3n) is 3.79. The highest BCUT2D eigenvalue weighted by Crippen LogP contribution is 2.29. The minimum atomic E-state index is -4.18. The fraction of sp³-hybridized carbons (Fsp3) is 0.400. The lowest BCUT2D eigenvalue weighted by Gasteiger charge is -2.27. The van der Waals surface area contributed by atoms with Crippen molar-refractivity contribution in [3.05, 3.63) is 36.5 Å². The van der Waals surface area contributed by atoms with E-state index >= 15 is 0 Å². The molecular weight excluding hydrogens is 279 g/mol. The molecule has 1 unspecified atom stereocenters. The van der Waals surface area contributed by atoms with Crippen molar-refractivity contribution in [2.45, 2.75) is 6.18 Å². The van der Waals surface area contributed by atoms with Gasteiger partial charge in [0.1, 0.15) is 0 Å². The van der Waals surface area contributed by atoms with E-state index in [1.54, 1.807) is 11.1 Å². The fourth-order valence-corrected chi connectivity index (χ4v) is 2.60. The number of nitrogens with one attached hydrogen (secondary N) is 1. The molecule has 1 saturated heterocycles. The van der Waals surface area contributed by atoms with E-state index in [2.05, 4.69) is 10.3 Å². The maximum Gasteiger partial charge on any atom is 0.394 e. The summed E-state index contributed by atoms with van der Waals surface area (Å²) in [5.41, 5.74) is 1.59. The summed E-state index contributed by atoms with van der Waals surface area (Å²) in [5, 5.41) is 3.80. The number of halogens is 3. The van der Waals surface area contributed by atoms with Gasteiger partial charge in [-0.2, -0.15) is 13.2 Å². The van der Waals surface area contributed by atoms with E-state index in [4.69, 9.17) is 0 Å². The standard InChI is InChI=1S/C15H16F3N3/c16-15(17,18)12-8-19-5-6-21(10-12)13-7-11-3-1-2-4-14(11)20-9-13/h1-4,7,9,12,19H,5-6,8,10H2. The molecule has 0 bridgehead atoms. The Morgan fingerprint density at radius 1 is 1.24 bits per heavy atom. The molecule has 0 saturated carbocycles. The summed E-state index contributed by atoms with van der Waals surface area (Å²) < 4.78 is 38.9. The van der Waals surface area contributed by atoms with Crippen LogP contribution in [0, 0.1) is 5.92 Å². The molecule has 0 amide bonds. The number of rotatable bonds is 1. The highest BCUT2D eigenvalue weighted by atomic mass is 19.4. The van der Waals surface area contributed by atoms with Crippen molar-refractivity contribution in [1.29, 1.82) is 0 Å². The first-order valence-corrected chi connectivity index (χ1v) is 6.91. The minimum Gasteiger partial charge on any atom is -0.368 e. The molecule has 0 spiro atoms. The molecule has 6 heteroatoms. The Hall–Kier alpha value is -1.82. The lowest BCUT2D eigenvalue weighted by molar-refractivity contribution is -0.169. The van der Waals surface area contributed by atoms with Gasteiger partial charge in [0, 0.05) is 31.6 Å². The molecule has 2 heterocycles. The summed E-state index contributed by atoms with van der Waals surface area (Å²) in [4.78, 5) is 6.09. The Bertz CT molecular complexity index is 627. The van der Waals surface area contributed by atoms with Crippen molar-refractivity contribution in [2.24, 2.45) is 5.92 Å². The second-order valence-electron chi connectivity index (χ2n) is 5.27. The highest BCUT2D eigenvalue weighted by molar-refractivity contribution is 5.81. The maximum absolute atomic E-state index is 13.0. The zero-order chi connectivity index (χ0) is 14.9. The molecule has 0 aliphatic carbocycles. The Morgan fingerprint density at radius 2 is 2.05 bits per heavy atom. The third-order valence-corrected chi connectivity index (χ3v) is 3.79. The molecule has 1 aromatic carbocycles. The van der Waals surface area contributed by atoms with Crippen LogP contribution in [0.25, 0.3) is 10.9 Å². The van der Waals surface area contributed by atoms with Gasteiger partial charge in [-0.15, -0.1) is 0 Å². The second-order valence-corrected chi connectivity index (χ2v) is 5.27. The summed E-state index contributed by atoms with van der Waals surface area (Å²) in [5.74, 6) is -1.36. The van der Waals surface area contributed by atoms with Crippen LogP contribution in [0.2, 0.25) is 0 Å². The molecule has 1 aliphatic heterocycles. The number of nitrogens with zero attached hydrogens (tertiary/aromatic N) is 2. The van der Waals surface area contributed by atoms with Gasteiger partial charge >= 0.3 is 6.18 Å². The van der Waals surface area contributed by atoms with E-state index in [1.165, 1.54) is 0 Å². The molecule has 1 atom stereocenters. The van der Waals surface area contributed by atoms with Gasteiger partial charge in [0.05, 0.1) is 23.3 Å². The Balaban J connectivity index is 1.89. The first kappa shape index (κ1) is 14.1. The van der Waals surface area contributed by atoms with Crippen LogP contribution in [0.3, 0.4) is 0 Å². The molecule has 3 rings (SSSR count). The predicted molar refractivity (Wildman–Crippen MR) is 76.4 cm³/mol. The van der Waals surface area contributed by atoms with Crippen LogP contribution in [-0.2, 0) is 0 Å². The quantitative estimate of drug-likeness (QED) is 0.877. The van der Waals surface area contributed by atoms with Crippen molar-refractivity contribution in [3.8, 4) is 0 Å². The van der Waals surface area contributed by atoms with E-state index in [0.717, 1.165) is 16.6 Å². The van der Waals surface area contributed by atoms with E-state index in [1.807, 2.05) is 30.3 Å². The van der Waals surface area contributed by atoms with Crippen molar-refractivity contribution in [1.82, 2.24) is 10.3 Å². The van der Waals surface area contributed by atoms with Gasteiger partial charge in [0.2, 0.25) is 0 Å². The molecule has 2 aromatic rings. The molecule has 21 heavy (non-hydrogen) atoms. The van der Waals surface area contributed by atoms with Gasteiger partial charge in [0.25, 0.3) is 0 Å². The maximum atomic E-state index is 13.0. The van der Waals surface area contributed by atoms with Crippen LogP contribution in [0.15, 0.2) is 36.5 Å². The Labute approximate surface area is 120 Å². The topological polar surface area (TPSA) is 28.2 Å². The molecule has 3 nitrogen and oxygen atoms in total. The molecule has 112 valence electrons. The van der Waals surface area contributed by atoms with Crippen molar-refractivity contribution in [3.63, 3.8) is 0 Å². The normalized spacial score (nSPS) is 20.5. The predicted octanol–water partition coefficient (Wildman–Crippen LogP) is 2.82. The number of alkyl halides is 3. The van der Waals surface area contributed by atoms with Crippen molar-refractivity contribution >= 4 is 16.6 Å².